The van der Waals surface area contributed by atoms with E-state index < -0.39 is 4.92 Å². The van der Waals surface area contributed by atoms with Crippen molar-refractivity contribution in [3.05, 3.63) is 64.2 Å². The van der Waals surface area contributed by atoms with Crippen LogP contribution in [0.5, 0.6) is 0 Å². The van der Waals surface area contributed by atoms with Crippen molar-refractivity contribution in [3.63, 3.8) is 0 Å². The van der Waals surface area contributed by atoms with Gasteiger partial charge < -0.3 is 0 Å². The van der Waals surface area contributed by atoms with Gasteiger partial charge in [0.15, 0.2) is 5.69 Å². The first-order valence-corrected chi connectivity index (χ1v) is 5.63. The maximum atomic E-state index is 10.8. The molecule has 0 bridgehead atoms. The average Bonchev–Trinajstić information content (AvgIpc) is 2.41. The summed E-state index contributed by atoms with van der Waals surface area (Å²) in [7, 11) is 0. The van der Waals surface area contributed by atoms with Crippen molar-refractivity contribution in [2.75, 3.05) is 5.43 Å². The molecule has 0 atom stereocenters. The molecule has 0 heterocycles. The van der Waals surface area contributed by atoms with Gasteiger partial charge in [0, 0.05) is 6.07 Å². The Morgan fingerprint density at radius 2 is 1.79 bits per heavy atom. The lowest BCUT2D eigenvalue weighted by atomic mass is 10.2. The lowest BCUT2D eigenvalue weighted by Crippen LogP contribution is -1.89. The second kappa shape index (κ2) is 5.72. The Kier molecular flexibility index (Phi) is 3.82. The van der Waals surface area contributed by atoms with E-state index in [0.717, 1.165) is 11.3 Å². The van der Waals surface area contributed by atoms with Gasteiger partial charge in [-0.1, -0.05) is 35.1 Å². The first-order chi connectivity index (χ1) is 9.16. The molecular weight excluding hydrogens is 244 g/mol. The van der Waals surface area contributed by atoms with Crippen LogP contribution >= 0.6 is 0 Å². The van der Waals surface area contributed by atoms with E-state index >= 15 is 0 Å². The standard InChI is InChI=1S/C13H12N4O2/c1-10-6-8-11(9-7-10)14-16-15-12-4-2-3-5-13(12)17(18)19/h2-9H,1H3,(H,14,15). The second-order valence-electron chi connectivity index (χ2n) is 3.92. The first kappa shape index (κ1) is 12.7. The van der Waals surface area contributed by atoms with Gasteiger partial charge in [0.05, 0.1) is 10.6 Å². The summed E-state index contributed by atoms with van der Waals surface area (Å²) < 4.78 is 0. The summed E-state index contributed by atoms with van der Waals surface area (Å²) in [5, 5.41) is 18.3. The fraction of sp³-hybridized carbons (Fsp3) is 0.0769. The molecule has 19 heavy (non-hydrogen) atoms. The number of aryl methyl sites for hydroxylation is 1. The number of nitro benzene ring substituents is 1. The van der Waals surface area contributed by atoms with E-state index in [-0.39, 0.29) is 11.4 Å². The molecule has 2 aromatic rings. The van der Waals surface area contributed by atoms with E-state index in [2.05, 4.69) is 15.8 Å². The summed E-state index contributed by atoms with van der Waals surface area (Å²) >= 11 is 0. The molecule has 0 aliphatic heterocycles. The predicted octanol–water partition coefficient (Wildman–Crippen LogP) is 4.01. The zero-order valence-electron chi connectivity index (χ0n) is 10.3. The maximum Gasteiger partial charge on any atom is 0.296 e. The number of hydrogen-bond acceptors (Lipinski definition) is 4. The minimum absolute atomic E-state index is 0.0723. The van der Waals surface area contributed by atoms with E-state index in [0.29, 0.717) is 0 Å². The van der Waals surface area contributed by atoms with Crippen LogP contribution in [0, 0.1) is 17.0 Å². The third-order valence-corrected chi connectivity index (χ3v) is 2.47. The molecule has 2 aromatic carbocycles. The molecule has 6 nitrogen and oxygen atoms in total. The molecule has 0 radical (unpaired) electrons. The van der Waals surface area contributed by atoms with Crippen LogP contribution in [0.25, 0.3) is 0 Å². The molecule has 96 valence electrons. The molecule has 0 aromatic heterocycles. The van der Waals surface area contributed by atoms with Crippen LogP contribution in [-0.4, -0.2) is 4.92 Å². The Morgan fingerprint density at radius 1 is 1.11 bits per heavy atom. The van der Waals surface area contributed by atoms with Crippen LogP contribution in [-0.2, 0) is 0 Å². The molecular formula is C13H12N4O2. The Labute approximate surface area is 109 Å². The zero-order chi connectivity index (χ0) is 13.7. The van der Waals surface area contributed by atoms with Gasteiger partial charge in [0.2, 0.25) is 0 Å². The summed E-state index contributed by atoms with van der Waals surface area (Å²) in [6, 6.07) is 13.8. The summed E-state index contributed by atoms with van der Waals surface area (Å²) in [6.07, 6.45) is 0. The molecule has 0 unspecified atom stereocenters. The van der Waals surface area contributed by atoms with E-state index in [4.69, 9.17) is 0 Å². The van der Waals surface area contributed by atoms with Crippen LogP contribution in [0.15, 0.2) is 58.9 Å². The molecule has 2 rings (SSSR count). The van der Waals surface area contributed by atoms with Crippen LogP contribution in [0.1, 0.15) is 5.56 Å². The second-order valence-corrected chi connectivity index (χ2v) is 3.92. The number of para-hydroxylation sites is 1. The van der Waals surface area contributed by atoms with Crippen molar-refractivity contribution < 1.29 is 4.92 Å². The molecule has 0 aliphatic rings. The van der Waals surface area contributed by atoms with E-state index in [1.165, 1.54) is 6.07 Å². The van der Waals surface area contributed by atoms with Crippen LogP contribution in [0.4, 0.5) is 17.1 Å². The van der Waals surface area contributed by atoms with E-state index in [1.807, 2.05) is 31.2 Å². The van der Waals surface area contributed by atoms with Gasteiger partial charge in [0.25, 0.3) is 5.69 Å². The normalized spacial score (nSPS) is 10.6. The number of rotatable bonds is 4. The van der Waals surface area contributed by atoms with Crippen LogP contribution < -0.4 is 5.43 Å². The highest BCUT2D eigenvalue weighted by Gasteiger charge is 2.11. The highest BCUT2D eigenvalue weighted by molar-refractivity contribution is 5.56. The fourth-order valence-electron chi connectivity index (χ4n) is 1.47. The number of hydrogen-bond donors (Lipinski definition) is 1. The van der Waals surface area contributed by atoms with Gasteiger partial charge >= 0.3 is 0 Å². The summed E-state index contributed by atoms with van der Waals surface area (Å²) in [5.74, 6) is 0. The van der Waals surface area contributed by atoms with Crippen molar-refractivity contribution >= 4 is 17.1 Å². The lowest BCUT2D eigenvalue weighted by Gasteiger charge is -1.99. The summed E-state index contributed by atoms with van der Waals surface area (Å²) in [6.45, 7) is 1.98. The van der Waals surface area contributed by atoms with Gasteiger partial charge in [-0.25, -0.2) is 0 Å². The molecule has 0 spiro atoms. The topological polar surface area (TPSA) is 79.9 Å². The third-order valence-electron chi connectivity index (χ3n) is 2.47. The summed E-state index contributed by atoms with van der Waals surface area (Å²) in [5.41, 5.74) is 4.78. The number of benzene rings is 2. The number of nitrogens with zero attached hydrogens (tertiary/aromatic N) is 3. The van der Waals surface area contributed by atoms with Crippen molar-refractivity contribution in [1.82, 2.24) is 0 Å². The fourth-order valence-corrected chi connectivity index (χ4v) is 1.47. The van der Waals surface area contributed by atoms with Gasteiger partial charge in [-0.3, -0.25) is 15.5 Å². The smallest absolute Gasteiger partial charge is 0.260 e. The van der Waals surface area contributed by atoms with E-state index in [1.54, 1.807) is 18.2 Å². The Hall–Kier alpha value is -2.76. The molecule has 0 aliphatic carbocycles. The molecule has 0 amide bonds. The minimum Gasteiger partial charge on any atom is -0.260 e. The Bertz CT molecular complexity index is 608. The molecule has 0 fully saturated rings. The Balaban J connectivity index is 2.11. The predicted molar refractivity (Wildman–Crippen MR) is 72.4 cm³/mol. The SMILES string of the molecule is Cc1ccc(NN=Nc2ccccc2[N+](=O)[O-])cc1. The van der Waals surface area contributed by atoms with Crippen molar-refractivity contribution in [2.24, 2.45) is 10.3 Å². The third kappa shape index (κ3) is 3.35. The van der Waals surface area contributed by atoms with Gasteiger partial charge in [-0.05, 0) is 25.1 Å². The van der Waals surface area contributed by atoms with Gasteiger partial charge in [0.1, 0.15) is 0 Å². The monoisotopic (exact) mass is 256 g/mol. The zero-order valence-corrected chi connectivity index (χ0v) is 10.3. The van der Waals surface area contributed by atoms with Gasteiger partial charge in [-0.15, -0.1) is 5.11 Å². The molecule has 6 heteroatoms. The number of nitro groups is 1. The number of anilines is 1. The quantitative estimate of drug-likeness (QED) is 0.509. The molecule has 1 N–H and O–H groups in total. The largest absolute Gasteiger partial charge is 0.296 e. The number of nitrogens with one attached hydrogen (secondary N) is 1. The highest BCUT2D eigenvalue weighted by Crippen LogP contribution is 2.26. The molecule has 0 saturated heterocycles. The van der Waals surface area contributed by atoms with Crippen LogP contribution in [0.3, 0.4) is 0 Å². The van der Waals surface area contributed by atoms with Crippen molar-refractivity contribution in [2.45, 2.75) is 6.92 Å². The Morgan fingerprint density at radius 3 is 2.47 bits per heavy atom. The van der Waals surface area contributed by atoms with Crippen LogP contribution in [0.2, 0.25) is 0 Å². The highest BCUT2D eigenvalue weighted by atomic mass is 16.6. The van der Waals surface area contributed by atoms with Gasteiger partial charge in [-0.2, -0.15) is 0 Å². The lowest BCUT2D eigenvalue weighted by molar-refractivity contribution is -0.384. The van der Waals surface area contributed by atoms with E-state index in [9.17, 15) is 10.1 Å². The summed E-state index contributed by atoms with van der Waals surface area (Å²) in [4.78, 5) is 10.3. The molecule has 0 saturated carbocycles. The average molecular weight is 256 g/mol. The first-order valence-electron chi connectivity index (χ1n) is 5.63. The van der Waals surface area contributed by atoms with Crippen molar-refractivity contribution in [1.29, 1.82) is 0 Å². The minimum atomic E-state index is -0.486. The maximum absolute atomic E-state index is 10.8. The van der Waals surface area contributed by atoms with Crippen molar-refractivity contribution in [3.8, 4) is 0 Å².